The molecule has 0 saturated heterocycles. The first kappa shape index (κ1) is 16.1. The van der Waals surface area contributed by atoms with Gasteiger partial charge in [0.25, 0.3) is 0 Å². The van der Waals surface area contributed by atoms with E-state index in [4.69, 9.17) is 10.2 Å². The Kier molecular flexibility index (Phi) is 5.17. The minimum atomic E-state index is -0.334. The van der Waals surface area contributed by atoms with Gasteiger partial charge in [-0.25, -0.2) is 0 Å². The summed E-state index contributed by atoms with van der Waals surface area (Å²) < 4.78 is 7.59. The van der Waals surface area contributed by atoms with E-state index in [0.717, 1.165) is 24.4 Å². The van der Waals surface area contributed by atoms with Crippen LogP contribution in [0.2, 0.25) is 0 Å². The lowest BCUT2D eigenvalue weighted by Gasteiger charge is -2.07. The smallest absolute Gasteiger partial charge is 0.315 e. The number of nitrogens with zero attached hydrogens (tertiary/aromatic N) is 5. The Bertz CT molecular complexity index is 753. The van der Waals surface area contributed by atoms with Crippen molar-refractivity contribution in [1.29, 1.82) is 0 Å². The van der Waals surface area contributed by atoms with E-state index < -0.39 is 0 Å². The van der Waals surface area contributed by atoms with Gasteiger partial charge >= 0.3 is 6.01 Å². The fourth-order valence-corrected chi connectivity index (χ4v) is 2.41. The van der Waals surface area contributed by atoms with Crippen LogP contribution in [0.15, 0.2) is 41.1 Å². The highest BCUT2D eigenvalue weighted by Gasteiger charge is 2.15. The summed E-state index contributed by atoms with van der Waals surface area (Å²) in [4.78, 5) is 0. The van der Waals surface area contributed by atoms with Crippen LogP contribution in [0.4, 0.5) is 6.01 Å². The molecule has 3 rings (SSSR count). The standard InChI is InChI=1S/C16H21N7O/c1-2-8-23-11-19-20-14(23)10-18-16-22-21-15(24-16)13(17)9-12-6-4-3-5-7-12/h3-7,11,13H,2,8-10,17H2,1H3,(H,18,22). The lowest BCUT2D eigenvalue weighted by atomic mass is 10.1. The highest BCUT2D eigenvalue weighted by Crippen LogP contribution is 2.17. The third-order valence-corrected chi connectivity index (χ3v) is 3.61. The summed E-state index contributed by atoms with van der Waals surface area (Å²) in [5.41, 5.74) is 7.27. The molecule has 8 heteroatoms. The van der Waals surface area contributed by atoms with Crippen LogP contribution in [0.5, 0.6) is 0 Å². The van der Waals surface area contributed by atoms with Crippen molar-refractivity contribution in [2.45, 2.75) is 38.9 Å². The minimum Gasteiger partial charge on any atom is -0.406 e. The first-order valence-electron chi connectivity index (χ1n) is 7.99. The second-order valence-electron chi connectivity index (χ2n) is 5.54. The van der Waals surface area contributed by atoms with Crippen molar-refractivity contribution in [3.05, 3.63) is 53.9 Å². The van der Waals surface area contributed by atoms with E-state index in [1.807, 2.05) is 34.9 Å². The first-order valence-corrected chi connectivity index (χ1v) is 7.99. The molecule has 0 saturated carbocycles. The molecule has 0 radical (unpaired) electrons. The normalized spacial score (nSPS) is 12.2. The molecule has 2 heterocycles. The number of hydrogen-bond donors (Lipinski definition) is 2. The van der Waals surface area contributed by atoms with Crippen molar-refractivity contribution in [3.63, 3.8) is 0 Å². The average molecular weight is 327 g/mol. The third kappa shape index (κ3) is 3.96. The maximum absolute atomic E-state index is 6.14. The van der Waals surface area contributed by atoms with Crippen molar-refractivity contribution in [2.75, 3.05) is 5.32 Å². The molecule has 1 aromatic carbocycles. The van der Waals surface area contributed by atoms with E-state index >= 15 is 0 Å². The highest BCUT2D eigenvalue weighted by molar-refractivity contribution is 5.20. The molecule has 1 unspecified atom stereocenters. The number of anilines is 1. The summed E-state index contributed by atoms with van der Waals surface area (Å²) in [7, 11) is 0. The van der Waals surface area contributed by atoms with Crippen molar-refractivity contribution in [3.8, 4) is 0 Å². The van der Waals surface area contributed by atoms with Crippen LogP contribution in [-0.4, -0.2) is 25.0 Å². The molecule has 3 aromatic rings. The van der Waals surface area contributed by atoms with Crippen molar-refractivity contribution in [1.82, 2.24) is 25.0 Å². The predicted molar refractivity (Wildman–Crippen MR) is 89.0 cm³/mol. The number of aryl methyl sites for hydroxylation is 1. The molecule has 24 heavy (non-hydrogen) atoms. The van der Waals surface area contributed by atoms with Crippen LogP contribution >= 0.6 is 0 Å². The van der Waals surface area contributed by atoms with Crippen LogP contribution in [0.3, 0.4) is 0 Å². The maximum Gasteiger partial charge on any atom is 0.315 e. The molecular weight excluding hydrogens is 306 g/mol. The summed E-state index contributed by atoms with van der Waals surface area (Å²) in [6, 6.07) is 9.98. The van der Waals surface area contributed by atoms with Crippen LogP contribution in [0.25, 0.3) is 0 Å². The fraction of sp³-hybridized carbons (Fsp3) is 0.375. The summed E-state index contributed by atoms with van der Waals surface area (Å²) >= 11 is 0. The molecule has 0 fully saturated rings. The zero-order valence-corrected chi connectivity index (χ0v) is 13.6. The number of hydrogen-bond acceptors (Lipinski definition) is 7. The number of nitrogens with one attached hydrogen (secondary N) is 1. The second kappa shape index (κ2) is 7.69. The summed E-state index contributed by atoms with van der Waals surface area (Å²) in [6.07, 6.45) is 3.38. The number of rotatable bonds is 8. The summed E-state index contributed by atoms with van der Waals surface area (Å²) in [6.45, 7) is 3.45. The summed E-state index contributed by atoms with van der Waals surface area (Å²) in [5, 5.41) is 19.1. The van der Waals surface area contributed by atoms with Crippen LogP contribution < -0.4 is 11.1 Å². The molecule has 0 aliphatic carbocycles. The van der Waals surface area contributed by atoms with Gasteiger partial charge in [0, 0.05) is 6.54 Å². The SMILES string of the molecule is CCCn1cnnc1CNc1nnc(C(N)Cc2ccccc2)o1. The number of nitrogens with two attached hydrogens (primary N) is 1. The van der Waals surface area contributed by atoms with Gasteiger partial charge in [0.1, 0.15) is 6.33 Å². The second-order valence-corrected chi connectivity index (χ2v) is 5.54. The van der Waals surface area contributed by atoms with E-state index in [1.54, 1.807) is 6.33 Å². The Morgan fingerprint density at radius 1 is 1.21 bits per heavy atom. The summed E-state index contributed by atoms with van der Waals surface area (Å²) in [5.74, 6) is 1.24. The Morgan fingerprint density at radius 3 is 2.83 bits per heavy atom. The molecule has 0 aliphatic rings. The monoisotopic (exact) mass is 327 g/mol. The minimum absolute atomic E-state index is 0.333. The average Bonchev–Trinajstić information content (AvgIpc) is 3.23. The van der Waals surface area contributed by atoms with Gasteiger partial charge in [0.05, 0.1) is 12.6 Å². The molecular formula is C16H21N7O. The zero-order valence-electron chi connectivity index (χ0n) is 13.6. The van der Waals surface area contributed by atoms with Gasteiger partial charge in [-0.15, -0.1) is 15.3 Å². The van der Waals surface area contributed by atoms with E-state index in [9.17, 15) is 0 Å². The van der Waals surface area contributed by atoms with Crippen molar-refractivity contribution < 1.29 is 4.42 Å². The van der Waals surface area contributed by atoms with E-state index in [0.29, 0.717) is 24.9 Å². The molecule has 3 N–H and O–H groups in total. The molecule has 126 valence electrons. The van der Waals surface area contributed by atoms with Crippen LogP contribution in [0.1, 0.15) is 36.7 Å². The molecule has 8 nitrogen and oxygen atoms in total. The van der Waals surface area contributed by atoms with Gasteiger partial charge in [0.15, 0.2) is 5.82 Å². The Balaban J connectivity index is 1.58. The van der Waals surface area contributed by atoms with Gasteiger partial charge in [0.2, 0.25) is 5.89 Å². The Labute approximate surface area is 140 Å². The van der Waals surface area contributed by atoms with Gasteiger partial charge in [-0.05, 0) is 18.4 Å². The van der Waals surface area contributed by atoms with Gasteiger partial charge < -0.3 is 20.0 Å². The molecule has 2 aromatic heterocycles. The van der Waals surface area contributed by atoms with E-state index in [2.05, 4.69) is 32.6 Å². The largest absolute Gasteiger partial charge is 0.406 e. The Morgan fingerprint density at radius 2 is 2.04 bits per heavy atom. The zero-order chi connectivity index (χ0) is 16.8. The molecule has 0 amide bonds. The Hall–Kier alpha value is -2.74. The van der Waals surface area contributed by atoms with E-state index in [-0.39, 0.29) is 6.04 Å². The van der Waals surface area contributed by atoms with E-state index in [1.165, 1.54) is 0 Å². The fourth-order valence-electron chi connectivity index (χ4n) is 2.41. The van der Waals surface area contributed by atoms with Crippen molar-refractivity contribution in [2.24, 2.45) is 5.73 Å². The van der Waals surface area contributed by atoms with Gasteiger partial charge in [-0.3, -0.25) is 0 Å². The van der Waals surface area contributed by atoms with Crippen molar-refractivity contribution >= 4 is 6.01 Å². The maximum atomic E-state index is 6.14. The molecule has 1 atom stereocenters. The molecule has 0 bridgehead atoms. The predicted octanol–water partition coefficient (Wildman–Crippen LogP) is 1.93. The topological polar surface area (TPSA) is 108 Å². The lowest BCUT2D eigenvalue weighted by molar-refractivity contribution is 0.456. The van der Waals surface area contributed by atoms with Crippen LogP contribution in [-0.2, 0) is 19.5 Å². The molecule has 0 spiro atoms. The lowest BCUT2D eigenvalue weighted by Crippen LogP contribution is -2.13. The van der Waals surface area contributed by atoms with Gasteiger partial charge in [-0.1, -0.05) is 42.4 Å². The van der Waals surface area contributed by atoms with Crippen LogP contribution in [0, 0.1) is 0 Å². The molecule has 0 aliphatic heterocycles. The number of aromatic nitrogens is 5. The first-order chi connectivity index (χ1) is 11.8. The number of benzene rings is 1. The highest BCUT2D eigenvalue weighted by atomic mass is 16.4. The third-order valence-electron chi connectivity index (χ3n) is 3.61. The quantitative estimate of drug-likeness (QED) is 0.650. The van der Waals surface area contributed by atoms with Gasteiger partial charge in [-0.2, -0.15) is 0 Å².